The Kier molecular flexibility index (Phi) is 5.46. The van der Waals surface area contributed by atoms with Crippen LogP contribution >= 0.6 is 0 Å². The fourth-order valence-electron chi connectivity index (χ4n) is 1.88. The highest BCUT2D eigenvalue weighted by Crippen LogP contribution is 2.12. The summed E-state index contributed by atoms with van der Waals surface area (Å²) in [5.41, 5.74) is -0.494. The van der Waals surface area contributed by atoms with Crippen molar-refractivity contribution in [1.82, 2.24) is 9.13 Å². The maximum Gasteiger partial charge on any atom is 0.337 e. The van der Waals surface area contributed by atoms with Gasteiger partial charge in [-0.15, -0.1) is 0 Å². The van der Waals surface area contributed by atoms with Crippen LogP contribution in [0.5, 0.6) is 0 Å². The fourth-order valence-corrected chi connectivity index (χ4v) is 1.88. The summed E-state index contributed by atoms with van der Waals surface area (Å²) in [6.07, 6.45) is 0. The zero-order chi connectivity index (χ0) is 16.2. The topological polar surface area (TPSA) is 56.0 Å². The molecule has 5 nitrogen and oxygen atoms in total. The molecule has 0 saturated carbocycles. The first kappa shape index (κ1) is 16.7. The number of anilines is 1. The second kappa shape index (κ2) is 6.88. The molecule has 1 aromatic carbocycles. The quantitative estimate of drug-likeness (QED) is 0.922. The van der Waals surface area contributed by atoms with Crippen molar-refractivity contribution in [2.75, 3.05) is 12.4 Å². The number of rotatable bonds is 2. The number of aryl methyl sites for hydroxylation is 1. The molecule has 1 heterocycles. The van der Waals surface area contributed by atoms with Crippen molar-refractivity contribution in [3.63, 3.8) is 0 Å². The summed E-state index contributed by atoms with van der Waals surface area (Å²) in [4.78, 5) is 24.1. The lowest BCUT2D eigenvalue weighted by Crippen LogP contribution is -2.38. The molecular weight excluding hydrogens is 273 g/mol. The molecule has 0 radical (unpaired) electrons. The van der Waals surface area contributed by atoms with Gasteiger partial charge in [0.25, 0.3) is 5.56 Å². The fraction of sp³-hybridized carbons (Fsp3) is 0.333. The Labute approximate surface area is 122 Å². The molecule has 6 heteroatoms. The lowest BCUT2D eigenvalue weighted by Gasteiger charge is -2.11. The van der Waals surface area contributed by atoms with Crippen molar-refractivity contribution in [2.45, 2.75) is 20.8 Å². The summed E-state index contributed by atoms with van der Waals surface area (Å²) in [6.45, 7) is 5.73. The van der Waals surface area contributed by atoms with Crippen LogP contribution in [0.25, 0.3) is 5.69 Å². The van der Waals surface area contributed by atoms with E-state index in [0.717, 1.165) is 10.1 Å². The zero-order valence-electron chi connectivity index (χ0n) is 12.9. The molecule has 0 spiro atoms. The van der Waals surface area contributed by atoms with E-state index in [4.69, 9.17) is 0 Å². The Morgan fingerprint density at radius 2 is 1.76 bits per heavy atom. The summed E-state index contributed by atoms with van der Waals surface area (Å²) < 4.78 is 16.0. The van der Waals surface area contributed by atoms with Gasteiger partial charge in [0, 0.05) is 20.2 Å². The van der Waals surface area contributed by atoms with Gasteiger partial charge >= 0.3 is 5.69 Å². The summed E-state index contributed by atoms with van der Waals surface area (Å²) in [5.74, 6) is -0.227. The second-order valence-corrected chi connectivity index (χ2v) is 4.25. The Bertz CT molecular complexity index is 748. The van der Waals surface area contributed by atoms with E-state index in [9.17, 15) is 14.0 Å². The normalized spacial score (nSPS) is 9.81. The molecule has 0 aliphatic rings. The smallest absolute Gasteiger partial charge is 0.337 e. The SMILES string of the molecule is CC.CNc1cc(=O)n(-c2ccc(C)cc2F)c(=O)n1C. The molecule has 0 unspecified atom stereocenters. The Balaban J connectivity index is 0.00000106. The van der Waals surface area contributed by atoms with Crippen LogP contribution in [0.4, 0.5) is 10.2 Å². The van der Waals surface area contributed by atoms with Crippen LogP contribution in [-0.2, 0) is 7.05 Å². The summed E-state index contributed by atoms with van der Waals surface area (Å²) in [7, 11) is 3.11. The van der Waals surface area contributed by atoms with Gasteiger partial charge in [0.15, 0.2) is 0 Å². The van der Waals surface area contributed by atoms with Crippen molar-refractivity contribution in [3.05, 3.63) is 56.5 Å². The average molecular weight is 293 g/mol. The van der Waals surface area contributed by atoms with Crippen LogP contribution in [0.1, 0.15) is 19.4 Å². The van der Waals surface area contributed by atoms with Crippen LogP contribution < -0.4 is 16.6 Å². The molecule has 114 valence electrons. The van der Waals surface area contributed by atoms with Gasteiger partial charge in [0.1, 0.15) is 11.6 Å². The minimum atomic E-state index is -0.601. The minimum absolute atomic E-state index is 0.0427. The third-order valence-electron chi connectivity index (χ3n) is 2.92. The van der Waals surface area contributed by atoms with E-state index in [0.29, 0.717) is 5.82 Å². The number of benzene rings is 1. The molecule has 2 rings (SSSR count). The molecule has 0 aliphatic carbocycles. The highest BCUT2D eigenvalue weighted by atomic mass is 19.1. The minimum Gasteiger partial charge on any atom is -0.374 e. The summed E-state index contributed by atoms with van der Waals surface area (Å²) >= 11 is 0. The van der Waals surface area contributed by atoms with E-state index < -0.39 is 17.1 Å². The summed E-state index contributed by atoms with van der Waals surface area (Å²) in [5, 5.41) is 2.74. The van der Waals surface area contributed by atoms with Gasteiger partial charge in [-0.25, -0.2) is 13.8 Å². The number of nitrogens with zero attached hydrogens (tertiary/aromatic N) is 2. The molecule has 2 aromatic rings. The third-order valence-corrected chi connectivity index (χ3v) is 2.92. The lowest BCUT2D eigenvalue weighted by atomic mass is 10.2. The first-order valence-corrected chi connectivity index (χ1v) is 6.73. The Morgan fingerprint density at radius 3 is 2.29 bits per heavy atom. The predicted octanol–water partition coefficient (Wildman–Crippen LogP) is 2.05. The predicted molar refractivity (Wildman–Crippen MR) is 82.9 cm³/mol. The summed E-state index contributed by atoms with van der Waals surface area (Å²) in [6, 6.07) is 5.61. The standard InChI is InChI=1S/C13H14FN3O2.C2H6/c1-8-4-5-10(9(14)6-8)17-12(18)7-11(15-2)16(3)13(17)19;1-2/h4-7,15H,1-3H3;1-2H3. The maximum atomic E-state index is 13.9. The van der Waals surface area contributed by atoms with Crippen molar-refractivity contribution in [1.29, 1.82) is 0 Å². The molecule has 21 heavy (non-hydrogen) atoms. The molecule has 0 atom stereocenters. The van der Waals surface area contributed by atoms with Gasteiger partial charge in [-0.3, -0.25) is 9.36 Å². The number of hydrogen-bond donors (Lipinski definition) is 1. The molecule has 0 aliphatic heterocycles. The van der Waals surface area contributed by atoms with Crippen molar-refractivity contribution >= 4 is 5.82 Å². The molecule has 0 fully saturated rings. The van der Waals surface area contributed by atoms with E-state index in [-0.39, 0.29) is 5.69 Å². The highest BCUT2D eigenvalue weighted by Gasteiger charge is 2.13. The molecule has 0 amide bonds. The van der Waals surface area contributed by atoms with Gasteiger partial charge < -0.3 is 5.32 Å². The van der Waals surface area contributed by atoms with Crippen molar-refractivity contribution in [2.24, 2.45) is 7.05 Å². The zero-order valence-corrected chi connectivity index (χ0v) is 12.9. The number of nitrogens with one attached hydrogen (secondary N) is 1. The molecule has 1 N–H and O–H groups in total. The van der Waals surface area contributed by atoms with Gasteiger partial charge in [-0.05, 0) is 24.6 Å². The highest BCUT2D eigenvalue weighted by molar-refractivity contribution is 5.39. The van der Waals surface area contributed by atoms with Crippen molar-refractivity contribution in [3.8, 4) is 5.69 Å². The maximum absolute atomic E-state index is 13.9. The van der Waals surface area contributed by atoms with Crippen LogP contribution in [-0.4, -0.2) is 16.2 Å². The van der Waals surface area contributed by atoms with E-state index in [1.54, 1.807) is 20.0 Å². The van der Waals surface area contributed by atoms with Crippen LogP contribution in [0.2, 0.25) is 0 Å². The van der Waals surface area contributed by atoms with E-state index in [1.807, 2.05) is 13.8 Å². The Hall–Kier alpha value is -2.37. The van der Waals surface area contributed by atoms with E-state index in [2.05, 4.69) is 5.32 Å². The van der Waals surface area contributed by atoms with E-state index in [1.165, 1.54) is 29.8 Å². The molecule has 1 aromatic heterocycles. The second-order valence-electron chi connectivity index (χ2n) is 4.25. The first-order chi connectivity index (χ1) is 9.95. The van der Waals surface area contributed by atoms with Gasteiger partial charge in [0.05, 0.1) is 5.69 Å². The monoisotopic (exact) mass is 293 g/mol. The Morgan fingerprint density at radius 1 is 1.14 bits per heavy atom. The lowest BCUT2D eigenvalue weighted by molar-refractivity contribution is 0.606. The van der Waals surface area contributed by atoms with E-state index >= 15 is 0 Å². The van der Waals surface area contributed by atoms with Crippen molar-refractivity contribution < 1.29 is 4.39 Å². The number of halogens is 1. The third kappa shape index (κ3) is 3.21. The van der Waals surface area contributed by atoms with Gasteiger partial charge in [-0.2, -0.15) is 0 Å². The van der Waals surface area contributed by atoms with Crippen LogP contribution in [0.15, 0.2) is 33.9 Å². The van der Waals surface area contributed by atoms with Gasteiger partial charge in [-0.1, -0.05) is 19.9 Å². The average Bonchev–Trinajstić information content (AvgIpc) is 2.47. The van der Waals surface area contributed by atoms with Crippen LogP contribution in [0.3, 0.4) is 0 Å². The molecular formula is C15H20FN3O2. The van der Waals surface area contributed by atoms with Gasteiger partial charge in [0.2, 0.25) is 0 Å². The first-order valence-electron chi connectivity index (χ1n) is 6.73. The number of hydrogen-bond acceptors (Lipinski definition) is 3. The molecule has 0 saturated heterocycles. The van der Waals surface area contributed by atoms with Crippen LogP contribution in [0, 0.1) is 12.7 Å². The molecule has 0 bridgehead atoms. The largest absolute Gasteiger partial charge is 0.374 e. The number of aromatic nitrogens is 2.